The van der Waals surface area contributed by atoms with Crippen molar-refractivity contribution in [3.63, 3.8) is 0 Å². The molecule has 0 spiro atoms. The van der Waals surface area contributed by atoms with Crippen molar-refractivity contribution in [2.75, 3.05) is 0 Å². The van der Waals surface area contributed by atoms with Crippen LogP contribution in [0.3, 0.4) is 0 Å². The summed E-state index contributed by atoms with van der Waals surface area (Å²) in [6, 6.07) is 7.65. The van der Waals surface area contributed by atoms with Gasteiger partial charge < -0.3 is 9.84 Å². The minimum atomic E-state index is -1.12. The highest BCUT2D eigenvalue weighted by atomic mass is 35.5. The van der Waals surface area contributed by atoms with Gasteiger partial charge in [0.2, 0.25) is 0 Å². The lowest BCUT2D eigenvalue weighted by atomic mass is 10.3. The van der Waals surface area contributed by atoms with E-state index in [0.29, 0.717) is 21.5 Å². The maximum Gasteiger partial charge on any atom is 0.354 e. The molecular formula is C12H7Cl2NO3. The fourth-order valence-corrected chi connectivity index (χ4v) is 1.56. The zero-order chi connectivity index (χ0) is 13.1. The summed E-state index contributed by atoms with van der Waals surface area (Å²) in [6.07, 6.45) is 1.36. The largest absolute Gasteiger partial charge is 0.477 e. The maximum atomic E-state index is 10.7. The zero-order valence-electron chi connectivity index (χ0n) is 8.93. The molecular weight excluding hydrogens is 277 g/mol. The van der Waals surface area contributed by atoms with Gasteiger partial charge in [0.05, 0.1) is 10.0 Å². The molecule has 0 aliphatic rings. The minimum Gasteiger partial charge on any atom is -0.477 e. The summed E-state index contributed by atoms with van der Waals surface area (Å²) >= 11 is 11.6. The molecule has 0 aliphatic heterocycles. The van der Waals surface area contributed by atoms with Crippen molar-refractivity contribution in [2.24, 2.45) is 0 Å². The summed E-state index contributed by atoms with van der Waals surface area (Å²) in [6.45, 7) is 0. The van der Waals surface area contributed by atoms with Gasteiger partial charge in [-0.3, -0.25) is 0 Å². The van der Waals surface area contributed by atoms with E-state index in [9.17, 15) is 4.79 Å². The van der Waals surface area contributed by atoms with E-state index >= 15 is 0 Å². The quantitative estimate of drug-likeness (QED) is 0.929. The van der Waals surface area contributed by atoms with Crippen LogP contribution >= 0.6 is 23.2 Å². The second kappa shape index (κ2) is 5.25. The van der Waals surface area contributed by atoms with Gasteiger partial charge in [0, 0.05) is 18.3 Å². The van der Waals surface area contributed by atoms with Gasteiger partial charge in [0.1, 0.15) is 11.5 Å². The van der Waals surface area contributed by atoms with Crippen LogP contribution in [0.2, 0.25) is 10.0 Å². The van der Waals surface area contributed by atoms with Crippen molar-refractivity contribution in [3.8, 4) is 11.5 Å². The van der Waals surface area contributed by atoms with Crippen LogP contribution in [0.25, 0.3) is 0 Å². The third-order valence-electron chi connectivity index (χ3n) is 2.08. The normalized spacial score (nSPS) is 10.1. The predicted octanol–water partition coefficient (Wildman–Crippen LogP) is 3.88. The van der Waals surface area contributed by atoms with Crippen LogP contribution in [-0.4, -0.2) is 16.1 Å². The molecule has 6 heteroatoms. The average molecular weight is 284 g/mol. The molecule has 18 heavy (non-hydrogen) atoms. The molecule has 0 aliphatic carbocycles. The van der Waals surface area contributed by atoms with Crippen LogP contribution in [0.1, 0.15) is 10.5 Å². The third kappa shape index (κ3) is 2.91. The first-order valence-corrected chi connectivity index (χ1v) is 5.64. The first-order valence-electron chi connectivity index (χ1n) is 4.88. The molecule has 4 nitrogen and oxygen atoms in total. The summed E-state index contributed by atoms with van der Waals surface area (Å²) in [5.41, 5.74) is -0.0902. The molecule has 1 N–H and O–H groups in total. The van der Waals surface area contributed by atoms with Crippen LogP contribution in [-0.2, 0) is 0 Å². The molecule has 0 saturated carbocycles. The van der Waals surface area contributed by atoms with E-state index < -0.39 is 5.97 Å². The molecule has 2 rings (SSSR count). The van der Waals surface area contributed by atoms with Crippen molar-refractivity contribution in [1.82, 2.24) is 4.98 Å². The van der Waals surface area contributed by atoms with Gasteiger partial charge in [0.25, 0.3) is 0 Å². The molecule has 2 aromatic rings. The molecule has 0 bridgehead atoms. The van der Waals surface area contributed by atoms with Crippen LogP contribution in [0.15, 0.2) is 36.5 Å². The molecule has 0 radical (unpaired) electrons. The number of hydrogen-bond donors (Lipinski definition) is 1. The molecule has 0 atom stereocenters. The third-order valence-corrected chi connectivity index (χ3v) is 2.82. The predicted molar refractivity (Wildman–Crippen MR) is 67.7 cm³/mol. The highest BCUT2D eigenvalue weighted by Crippen LogP contribution is 2.29. The number of rotatable bonds is 3. The van der Waals surface area contributed by atoms with E-state index in [2.05, 4.69) is 4.98 Å². The second-order valence-corrected chi connectivity index (χ2v) is 4.17. The molecule has 1 aromatic carbocycles. The van der Waals surface area contributed by atoms with Gasteiger partial charge in [0.15, 0.2) is 5.69 Å². The van der Waals surface area contributed by atoms with Gasteiger partial charge in [-0.25, -0.2) is 9.78 Å². The Morgan fingerprint density at radius 1 is 1.11 bits per heavy atom. The van der Waals surface area contributed by atoms with Crippen molar-refractivity contribution in [1.29, 1.82) is 0 Å². The molecule has 0 unspecified atom stereocenters. The van der Waals surface area contributed by atoms with Gasteiger partial charge in [-0.05, 0) is 18.2 Å². The Morgan fingerprint density at radius 3 is 2.50 bits per heavy atom. The van der Waals surface area contributed by atoms with Crippen LogP contribution < -0.4 is 4.74 Å². The van der Waals surface area contributed by atoms with E-state index in [1.807, 2.05) is 0 Å². The fourth-order valence-electron chi connectivity index (χ4n) is 1.27. The standard InChI is InChI=1S/C12H7Cl2NO3/c13-9-2-1-7(5-10(9)14)18-8-3-4-15-11(6-8)12(16)17/h1-6H,(H,16,17). The molecule has 1 heterocycles. The molecule has 92 valence electrons. The number of carboxylic acid groups (broad SMARTS) is 1. The zero-order valence-corrected chi connectivity index (χ0v) is 10.4. The molecule has 0 fully saturated rings. The Hall–Kier alpha value is -1.78. The van der Waals surface area contributed by atoms with Crippen molar-refractivity contribution >= 4 is 29.2 Å². The smallest absolute Gasteiger partial charge is 0.354 e. The monoisotopic (exact) mass is 283 g/mol. The van der Waals surface area contributed by atoms with Gasteiger partial charge >= 0.3 is 5.97 Å². The summed E-state index contributed by atoms with van der Waals surface area (Å²) in [7, 11) is 0. The van der Waals surface area contributed by atoms with Crippen molar-refractivity contribution in [2.45, 2.75) is 0 Å². The lowest BCUT2D eigenvalue weighted by Gasteiger charge is -2.06. The number of ether oxygens (including phenoxy) is 1. The lowest BCUT2D eigenvalue weighted by Crippen LogP contribution is -1.99. The number of pyridine rings is 1. The SMILES string of the molecule is O=C(O)c1cc(Oc2ccc(Cl)c(Cl)c2)ccn1. The number of nitrogens with zero attached hydrogens (tertiary/aromatic N) is 1. The summed E-state index contributed by atoms with van der Waals surface area (Å²) < 4.78 is 5.46. The average Bonchev–Trinajstić information content (AvgIpc) is 2.34. The number of carboxylic acids is 1. The minimum absolute atomic E-state index is 0.0902. The van der Waals surface area contributed by atoms with E-state index in [1.165, 1.54) is 12.3 Å². The molecule has 0 saturated heterocycles. The Kier molecular flexibility index (Phi) is 3.69. The van der Waals surface area contributed by atoms with Crippen LogP contribution in [0.4, 0.5) is 0 Å². The van der Waals surface area contributed by atoms with Crippen molar-refractivity contribution in [3.05, 3.63) is 52.3 Å². The Morgan fingerprint density at radius 2 is 1.83 bits per heavy atom. The highest BCUT2D eigenvalue weighted by molar-refractivity contribution is 6.42. The number of halogens is 2. The number of aromatic carboxylic acids is 1. The Balaban J connectivity index is 2.25. The summed E-state index contributed by atoms with van der Waals surface area (Å²) in [4.78, 5) is 14.4. The second-order valence-electron chi connectivity index (χ2n) is 3.36. The van der Waals surface area contributed by atoms with E-state index in [4.69, 9.17) is 33.0 Å². The van der Waals surface area contributed by atoms with Gasteiger partial charge in [-0.2, -0.15) is 0 Å². The fraction of sp³-hybridized carbons (Fsp3) is 0. The number of benzene rings is 1. The first kappa shape index (κ1) is 12.7. The van der Waals surface area contributed by atoms with E-state index in [-0.39, 0.29) is 5.69 Å². The van der Waals surface area contributed by atoms with Gasteiger partial charge in [-0.1, -0.05) is 23.2 Å². The van der Waals surface area contributed by atoms with Crippen molar-refractivity contribution < 1.29 is 14.6 Å². The van der Waals surface area contributed by atoms with Crippen LogP contribution in [0, 0.1) is 0 Å². The Bertz CT molecular complexity index is 602. The summed E-state index contributed by atoms with van der Waals surface area (Å²) in [5.74, 6) is -0.290. The number of carbonyl (C=O) groups is 1. The Labute approximate surface area is 113 Å². The lowest BCUT2D eigenvalue weighted by molar-refractivity contribution is 0.0690. The number of hydrogen-bond acceptors (Lipinski definition) is 3. The maximum absolute atomic E-state index is 10.7. The van der Waals surface area contributed by atoms with E-state index in [1.54, 1.807) is 24.3 Å². The van der Waals surface area contributed by atoms with E-state index in [0.717, 1.165) is 0 Å². The number of aromatic nitrogens is 1. The van der Waals surface area contributed by atoms with Crippen LogP contribution in [0.5, 0.6) is 11.5 Å². The van der Waals surface area contributed by atoms with Gasteiger partial charge in [-0.15, -0.1) is 0 Å². The topological polar surface area (TPSA) is 59.4 Å². The first-order chi connectivity index (χ1) is 8.56. The molecule has 1 aromatic heterocycles. The summed E-state index contributed by atoms with van der Waals surface area (Å²) in [5, 5.41) is 9.58. The molecule has 0 amide bonds. The highest BCUT2D eigenvalue weighted by Gasteiger charge is 2.07.